The van der Waals surface area contributed by atoms with Crippen LogP contribution in [0.4, 0.5) is 11.5 Å². The molecule has 0 bridgehead atoms. The van der Waals surface area contributed by atoms with Crippen molar-refractivity contribution in [3.63, 3.8) is 0 Å². The lowest BCUT2D eigenvalue weighted by molar-refractivity contribution is -0.120. The molecule has 1 aromatic carbocycles. The van der Waals surface area contributed by atoms with Gasteiger partial charge in [0.05, 0.1) is 5.39 Å². The van der Waals surface area contributed by atoms with Gasteiger partial charge >= 0.3 is 0 Å². The van der Waals surface area contributed by atoms with Crippen LogP contribution < -0.4 is 10.2 Å². The molecule has 0 spiro atoms. The van der Waals surface area contributed by atoms with E-state index in [9.17, 15) is 4.79 Å². The summed E-state index contributed by atoms with van der Waals surface area (Å²) < 4.78 is 0. The van der Waals surface area contributed by atoms with Crippen molar-refractivity contribution in [1.29, 1.82) is 0 Å². The first-order valence-corrected chi connectivity index (χ1v) is 12.2. The summed E-state index contributed by atoms with van der Waals surface area (Å²) in [7, 11) is 0. The van der Waals surface area contributed by atoms with Crippen molar-refractivity contribution in [2.75, 3.05) is 23.3 Å². The molecule has 2 aromatic heterocycles. The molecule has 3 aromatic rings. The first-order valence-electron chi connectivity index (χ1n) is 11.4. The van der Waals surface area contributed by atoms with Crippen LogP contribution in [0.1, 0.15) is 52.8 Å². The summed E-state index contributed by atoms with van der Waals surface area (Å²) in [6.07, 6.45) is 8.28. The monoisotopic (exact) mass is 434 g/mol. The van der Waals surface area contributed by atoms with Crippen LogP contribution in [0, 0.1) is 26.7 Å². The maximum atomic E-state index is 13.0. The lowest BCUT2D eigenvalue weighted by atomic mass is 9.94. The molecule has 1 saturated heterocycles. The van der Waals surface area contributed by atoms with Gasteiger partial charge in [0, 0.05) is 29.6 Å². The molecule has 0 saturated carbocycles. The summed E-state index contributed by atoms with van der Waals surface area (Å²) in [6.45, 7) is 7.96. The maximum Gasteiger partial charge on any atom is 0.227 e. The Balaban J connectivity index is 1.31. The number of benzene rings is 1. The fourth-order valence-corrected chi connectivity index (χ4v) is 6.49. The van der Waals surface area contributed by atoms with E-state index in [1.54, 1.807) is 6.33 Å². The number of thiophene rings is 1. The number of hydrogen-bond acceptors (Lipinski definition) is 5. The second-order valence-corrected chi connectivity index (χ2v) is 10.2. The number of nitrogens with zero attached hydrogens (tertiary/aromatic N) is 3. The Hall–Kier alpha value is -2.47. The van der Waals surface area contributed by atoms with Crippen molar-refractivity contribution in [3.8, 4) is 0 Å². The predicted molar refractivity (Wildman–Crippen MR) is 128 cm³/mol. The van der Waals surface area contributed by atoms with Gasteiger partial charge in [-0.15, -0.1) is 11.3 Å². The highest BCUT2D eigenvalue weighted by atomic mass is 32.1. The molecule has 0 radical (unpaired) electrons. The second kappa shape index (κ2) is 8.23. The van der Waals surface area contributed by atoms with Crippen LogP contribution in [0.3, 0.4) is 0 Å². The van der Waals surface area contributed by atoms with E-state index in [0.717, 1.165) is 59.8 Å². The van der Waals surface area contributed by atoms with E-state index < -0.39 is 0 Å². The standard InChI is InChI=1S/C25H30N4OS/c1-15-12-16(2)22(17(3)13-15)28-24(30)18-8-10-29(11-9-18)23-21-19-6-4-5-7-20(19)31-25(21)27-14-26-23/h12-14,18H,4-11H2,1-3H3,(H,28,30). The Bertz CT molecular complexity index is 1120. The normalized spacial score (nSPS) is 17.1. The molecule has 1 amide bonds. The molecule has 31 heavy (non-hydrogen) atoms. The van der Waals surface area contributed by atoms with Crippen LogP contribution in [0.5, 0.6) is 0 Å². The van der Waals surface area contributed by atoms with Crippen molar-refractivity contribution >= 4 is 39.0 Å². The van der Waals surface area contributed by atoms with Crippen molar-refractivity contribution in [3.05, 3.63) is 45.6 Å². The lowest BCUT2D eigenvalue weighted by Gasteiger charge is -2.33. The minimum absolute atomic E-state index is 0.0464. The van der Waals surface area contributed by atoms with Gasteiger partial charge in [-0.25, -0.2) is 9.97 Å². The lowest BCUT2D eigenvalue weighted by Crippen LogP contribution is -2.38. The van der Waals surface area contributed by atoms with E-state index >= 15 is 0 Å². The number of aryl methyl sites for hydroxylation is 5. The van der Waals surface area contributed by atoms with Gasteiger partial charge in [0.1, 0.15) is 17.0 Å². The number of rotatable bonds is 3. The third kappa shape index (κ3) is 3.82. The van der Waals surface area contributed by atoms with Crippen LogP contribution in [0.25, 0.3) is 10.2 Å². The van der Waals surface area contributed by atoms with Crippen LogP contribution in [0.2, 0.25) is 0 Å². The minimum atomic E-state index is 0.0464. The highest BCUT2D eigenvalue weighted by Gasteiger charge is 2.29. The predicted octanol–water partition coefficient (Wildman–Crippen LogP) is 5.35. The number of nitrogens with one attached hydrogen (secondary N) is 1. The maximum absolute atomic E-state index is 13.0. The highest BCUT2D eigenvalue weighted by Crippen LogP contribution is 2.40. The number of carbonyl (C=O) groups is 1. The molecular formula is C25H30N4OS. The van der Waals surface area contributed by atoms with Crippen molar-refractivity contribution in [2.24, 2.45) is 5.92 Å². The molecule has 0 atom stereocenters. The number of aromatic nitrogens is 2. The number of fused-ring (bicyclic) bond motifs is 3. The average molecular weight is 435 g/mol. The zero-order valence-corrected chi connectivity index (χ0v) is 19.4. The number of anilines is 2. The van der Waals surface area contributed by atoms with Crippen LogP contribution >= 0.6 is 11.3 Å². The summed E-state index contributed by atoms with van der Waals surface area (Å²) in [4.78, 5) is 27.3. The Morgan fingerprint density at radius 1 is 1.06 bits per heavy atom. The molecule has 1 fully saturated rings. The van der Waals surface area contributed by atoms with Gasteiger partial charge < -0.3 is 10.2 Å². The van der Waals surface area contributed by atoms with Gasteiger partial charge in [0.25, 0.3) is 0 Å². The summed E-state index contributed by atoms with van der Waals surface area (Å²) in [5.41, 5.74) is 5.95. The van der Waals surface area contributed by atoms with E-state index in [1.807, 2.05) is 11.3 Å². The van der Waals surface area contributed by atoms with E-state index in [1.165, 1.54) is 40.7 Å². The van der Waals surface area contributed by atoms with Crippen LogP contribution in [-0.4, -0.2) is 29.0 Å². The van der Waals surface area contributed by atoms with Gasteiger partial charge in [-0.1, -0.05) is 17.7 Å². The van der Waals surface area contributed by atoms with Crippen LogP contribution in [0.15, 0.2) is 18.5 Å². The minimum Gasteiger partial charge on any atom is -0.356 e. The summed E-state index contributed by atoms with van der Waals surface area (Å²) in [6, 6.07) is 4.26. The number of amides is 1. The molecule has 162 valence electrons. The highest BCUT2D eigenvalue weighted by molar-refractivity contribution is 7.19. The Kier molecular flexibility index (Phi) is 5.42. The van der Waals surface area contributed by atoms with Gasteiger partial charge in [-0.3, -0.25) is 4.79 Å². The fraction of sp³-hybridized carbons (Fsp3) is 0.480. The van der Waals surface area contributed by atoms with E-state index in [4.69, 9.17) is 4.98 Å². The third-order valence-electron chi connectivity index (χ3n) is 6.82. The smallest absolute Gasteiger partial charge is 0.227 e. The zero-order chi connectivity index (χ0) is 21.5. The largest absolute Gasteiger partial charge is 0.356 e. The van der Waals surface area contributed by atoms with Gasteiger partial charge in [-0.2, -0.15) is 0 Å². The van der Waals surface area contributed by atoms with Crippen molar-refractivity contribution < 1.29 is 4.79 Å². The molecular weight excluding hydrogens is 404 g/mol. The van der Waals surface area contributed by atoms with Gasteiger partial charge in [0.15, 0.2) is 0 Å². The van der Waals surface area contributed by atoms with Gasteiger partial charge in [0.2, 0.25) is 5.91 Å². The summed E-state index contributed by atoms with van der Waals surface area (Å²) in [5, 5.41) is 4.49. The van der Waals surface area contributed by atoms with E-state index in [-0.39, 0.29) is 11.8 Å². The first-order chi connectivity index (χ1) is 15.0. The Labute approximate surface area is 187 Å². The Morgan fingerprint density at radius 2 is 1.77 bits per heavy atom. The molecule has 3 heterocycles. The topological polar surface area (TPSA) is 58.1 Å². The molecule has 5 rings (SSSR count). The zero-order valence-electron chi connectivity index (χ0n) is 18.6. The molecule has 1 aliphatic carbocycles. The first kappa shape index (κ1) is 20.4. The van der Waals surface area contributed by atoms with Crippen LogP contribution in [-0.2, 0) is 17.6 Å². The average Bonchev–Trinajstić information content (AvgIpc) is 3.15. The summed E-state index contributed by atoms with van der Waals surface area (Å²) >= 11 is 1.85. The third-order valence-corrected chi connectivity index (χ3v) is 8.02. The van der Waals surface area contributed by atoms with E-state index in [2.05, 4.69) is 48.1 Å². The van der Waals surface area contributed by atoms with E-state index in [0.29, 0.717) is 0 Å². The number of hydrogen-bond donors (Lipinski definition) is 1. The Morgan fingerprint density at radius 3 is 2.52 bits per heavy atom. The SMILES string of the molecule is Cc1cc(C)c(NC(=O)C2CCN(c3ncnc4sc5c(c34)CCCC5)CC2)c(C)c1. The number of carbonyl (C=O) groups excluding carboxylic acids is 1. The number of piperidine rings is 1. The molecule has 1 aliphatic heterocycles. The van der Waals surface area contributed by atoms with Crippen molar-refractivity contribution in [1.82, 2.24) is 9.97 Å². The quantitative estimate of drug-likeness (QED) is 0.604. The second-order valence-electron chi connectivity index (χ2n) is 9.11. The summed E-state index contributed by atoms with van der Waals surface area (Å²) in [5.74, 6) is 1.27. The molecule has 0 unspecified atom stereocenters. The molecule has 2 aliphatic rings. The molecule has 6 heteroatoms. The molecule has 1 N–H and O–H groups in total. The fourth-order valence-electron chi connectivity index (χ4n) is 5.27. The van der Waals surface area contributed by atoms with Gasteiger partial charge in [-0.05, 0) is 76.0 Å². The van der Waals surface area contributed by atoms with Crippen molar-refractivity contribution in [2.45, 2.75) is 59.3 Å². The molecule has 5 nitrogen and oxygen atoms in total.